The molecule has 3 rings (SSSR count). The number of amides is 2. The molecule has 2 N–H and O–H groups in total. The predicted octanol–water partition coefficient (Wildman–Crippen LogP) is 2.81. The number of aryl methyl sites for hydroxylation is 1. The summed E-state index contributed by atoms with van der Waals surface area (Å²) in [5.41, 5.74) is 8.15. The van der Waals surface area contributed by atoms with Crippen LogP contribution < -0.4 is 10.5 Å². The predicted molar refractivity (Wildman–Crippen MR) is 120 cm³/mol. The number of hydrogen-bond donors (Lipinski definition) is 1. The van der Waals surface area contributed by atoms with E-state index >= 15 is 0 Å². The van der Waals surface area contributed by atoms with E-state index in [9.17, 15) is 9.59 Å². The lowest BCUT2D eigenvalue weighted by molar-refractivity contribution is -0.144. The minimum Gasteiger partial charge on any atom is -0.481 e. The van der Waals surface area contributed by atoms with E-state index in [0.717, 1.165) is 12.0 Å². The minimum atomic E-state index is -0.674. The molecule has 1 fully saturated rings. The Hall–Kier alpha value is -2.57. The zero-order valence-electron chi connectivity index (χ0n) is 17.5. The summed E-state index contributed by atoms with van der Waals surface area (Å²) < 4.78 is 5.81. The average Bonchev–Trinajstić information content (AvgIpc) is 2.78. The zero-order chi connectivity index (χ0) is 20.8. The van der Waals surface area contributed by atoms with E-state index in [1.807, 2.05) is 54.6 Å². The van der Waals surface area contributed by atoms with Crippen LogP contribution in [0.3, 0.4) is 0 Å². The Morgan fingerprint density at radius 3 is 2.00 bits per heavy atom. The molecule has 0 aromatic heterocycles. The van der Waals surface area contributed by atoms with Crippen LogP contribution in [-0.2, 0) is 16.0 Å². The molecule has 162 valence electrons. The van der Waals surface area contributed by atoms with Crippen LogP contribution in [0.2, 0.25) is 0 Å². The number of nitrogens with zero attached hydrogens (tertiary/aromatic N) is 2. The van der Waals surface area contributed by atoms with E-state index in [1.54, 1.807) is 16.7 Å². The van der Waals surface area contributed by atoms with E-state index in [2.05, 4.69) is 6.92 Å². The number of halogens is 1. The first kappa shape index (κ1) is 23.7. The van der Waals surface area contributed by atoms with Gasteiger partial charge >= 0.3 is 0 Å². The molecule has 0 radical (unpaired) electrons. The van der Waals surface area contributed by atoms with Gasteiger partial charge in [-0.05, 0) is 36.6 Å². The third-order valence-electron chi connectivity index (χ3n) is 5.32. The molecule has 7 heteroatoms. The molecule has 0 bridgehead atoms. The number of rotatable bonds is 6. The Morgan fingerprint density at radius 1 is 0.933 bits per heavy atom. The molecule has 0 aliphatic carbocycles. The van der Waals surface area contributed by atoms with Gasteiger partial charge in [-0.15, -0.1) is 12.4 Å². The molecule has 2 aromatic rings. The first-order valence-corrected chi connectivity index (χ1v) is 10.1. The standard InChI is InChI=1S/C23H29N3O3.ClH/c1-3-18-9-11-20(12-10-18)29-17(2)22(27)25-13-15-26(16-14-25)23(28)21(24)19-7-5-4-6-8-19;/h4-12,17,21H,3,13-16,24H2,1-2H3;1H. The Bertz CT molecular complexity index is 821. The third-order valence-corrected chi connectivity index (χ3v) is 5.32. The van der Waals surface area contributed by atoms with Crippen LogP contribution in [0.15, 0.2) is 54.6 Å². The highest BCUT2D eigenvalue weighted by Gasteiger charge is 2.30. The highest BCUT2D eigenvalue weighted by atomic mass is 35.5. The Balaban J connectivity index is 0.00000320. The zero-order valence-corrected chi connectivity index (χ0v) is 18.3. The van der Waals surface area contributed by atoms with Crippen molar-refractivity contribution in [3.63, 3.8) is 0 Å². The number of ether oxygens (including phenoxy) is 1. The Kier molecular flexibility index (Phi) is 8.69. The van der Waals surface area contributed by atoms with Gasteiger partial charge in [0.15, 0.2) is 6.10 Å². The van der Waals surface area contributed by atoms with Crippen LogP contribution in [-0.4, -0.2) is 53.9 Å². The summed E-state index contributed by atoms with van der Waals surface area (Å²) in [4.78, 5) is 28.9. The van der Waals surface area contributed by atoms with E-state index in [0.29, 0.717) is 31.9 Å². The summed E-state index contributed by atoms with van der Waals surface area (Å²) in [5, 5.41) is 0. The molecule has 30 heavy (non-hydrogen) atoms. The molecule has 2 atom stereocenters. The van der Waals surface area contributed by atoms with E-state index in [1.165, 1.54) is 5.56 Å². The van der Waals surface area contributed by atoms with Crippen LogP contribution in [0.25, 0.3) is 0 Å². The van der Waals surface area contributed by atoms with Gasteiger partial charge in [-0.3, -0.25) is 9.59 Å². The number of hydrogen-bond acceptors (Lipinski definition) is 4. The van der Waals surface area contributed by atoms with Gasteiger partial charge in [-0.2, -0.15) is 0 Å². The van der Waals surface area contributed by atoms with Crippen molar-refractivity contribution in [2.75, 3.05) is 26.2 Å². The normalized spacial score (nSPS) is 15.7. The number of benzene rings is 2. The molecule has 1 aliphatic heterocycles. The summed E-state index contributed by atoms with van der Waals surface area (Å²) in [6.45, 7) is 5.77. The Morgan fingerprint density at radius 2 is 1.47 bits per heavy atom. The van der Waals surface area contributed by atoms with Crippen molar-refractivity contribution >= 4 is 24.2 Å². The van der Waals surface area contributed by atoms with Crippen molar-refractivity contribution < 1.29 is 14.3 Å². The summed E-state index contributed by atoms with van der Waals surface area (Å²) in [5.74, 6) is 0.512. The maximum atomic E-state index is 12.7. The van der Waals surface area contributed by atoms with Crippen molar-refractivity contribution in [1.82, 2.24) is 9.80 Å². The molecule has 0 spiro atoms. The molecular formula is C23H30ClN3O3. The van der Waals surface area contributed by atoms with Crippen LogP contribution in [0, 0.1) is 0 Å². The van der Waals surface area contributed by atoms with Gasteiger partial charge in [0.1, 0.15) is 11.8 Å². The SMILES string of the molecule is CCc1ccc(OC(C)C(=O)N2CCN(C(=O)C(N)c3ccccc3)CC2)cc1.Cl. The van der Waals surface area contributed by atoms with Crippen LogP contribution in [0.5, 0.6) is 5.75 Å². The Labute approximate surface area is 184 Å². The first-order chi connectivity index (χ1) is 14.0. The number of carbonyl (C=O) groups excluding carboxylic acids is 2. The minimum absolute atomic E-state index is 0. The highest BCUT2D eigenvalue weighted by molar-refractivity contribution is 5.85. The number of piperazine rings is 1. The van der Waals surface area contributed by atoms with Gasteiger partial charge in [0.25, 0.3) is 5.91 Å². The molecule has 1 aliphatic rings. The van der Waals surface area contributed by atoms with E-state index in [4.69, 9.17) is 10.5 Å². The molecule has 0 saturated carbocycles. The maximum absolute atomic E-state index is 12.7. The highest BCUT2D eigenvalue weighted by Crippen LogP contribution is 2.17. The molecule has 2 unspecified atom stereocenters. The maximum Gasteiger partial charge on any atom is 0.263 e. The van der Waals surface area contributed by atoms with Gasteiger partial charge in [-0.1, -0.05) is 49.4 Å². The molecule has 1 heterocycles. The number of nitrogens with two attached hydrogens (primary N) is 1. The van der Waals surface area contributed by atoms with Crippen LogP contribution in [0.1, 0.15) is 31.0 Å². The lowest BCUT2D eigenvalue weighted by Crippen LogP contribution is -2.54. The lowest BCUT2D eigenvalue weighted by atomic mass is 10.1. The fourth-order valence-corrected chi connectivity index (χ4v) is 3.46. The molecular weight excluding hydrogens is 402 g/mol. The van der Waals surface area contributed by atoms with Crippen LogP contribution >= 0.6 is 12.4 Å². The second-order valence-electron chi connectivity index (χ2n) is 7.30. The molecule has 2 amide bonds. The molecule has 1 saturated heterocycles. The van der Waals surface area contributed by atoms with Crippen molar-refractivity contribution in [1.29, 1.82) is 0 Å². The van der Waals surface area contributed by atoms with Gasteiger partial charge < -0.3 is 20.3 Å². The second kappa shape index (κ2) is 11.0. The largest absolute Gasteiger partial charge is 0.481 e. The van der Waals surface area contributed by atoms with Gasteiger partial charge in [0.05, 0.1) is 0 Å². The quantitative estimate of drug-likeness (QED) is 0.763. The van der Waals surface area contributed by atoms with Gasteiger partial charge in [0, 0.05) is 26.2 Å². The molecule has 2 aromatic carbocycles. The van der Waals surface area contributed by atoms with Crippen molar-refractivity contribution in [3.05, 3.63) is 65.7 Å². The third kappa shape index (κ3) is 5.74. The topological polar surface area (TPSA) is 75.9 Å². The monoisotopic (exact) mass is 431 g/mol. The fourth-order valence-electron chi connectivity index (χ4n) is 3.46. The summed E-state index contributed by atoms with van der Waals surface area (Å²) in [6, 6.07) is 16.5. The summed E-state index contributed by atoms with van der Waals surface area (Å²) >= 11 is 0. The lowest BCUT2D eigenvalue weighted by Gasteiger charge is -2.36. The fraction of sp³-hybridized carbons (Fsp3) is 0.391. The summed E-state index contributed by atoms with van der Waals surface area (Å²) in [7, 11) is 0. The summed E-state index contributed by atoms with van der Waals surface area (Å²) in [6.07, 6.45) is 0.391. The molecule has 6 nitrogen and oxygen atoms in total. The first-order valence-electron chi connectivity index (χ1n) is 10.1. The number of carbonyl (C=O) groups is 2. The van der Waals surface area contributed by atoms with E-state index < -0.39 is 12.1 Å². The average molecular weight is 432 g/mol. The van der Waals surface area contributed by atoms with Crippen LogP contribution in [0.4, 0.5) is 0 Å². The van der Waals surface area contributed by atoms with E-state index in [-0.39, 0.29) is 24.2 Å². The van der Waals surface area contributed by atoms with Crippen molar-refractivity contribution in [2.45, 2.75) is 32.4 Å². The smallest absolute Gasteiger partial charge is 0.263 e. The second-order valence-corrected chi connectivity index (χ2v) is 7.30. The van der Waals surface area contributed by atoms with Gasteiger partial charge in [-0.25, -0.2) is 0 Å². The van der Waals surface area contributed by atoms with Gasteiger partial charge in [0.2, 0.25) is 5.91 Å². The van der Waals surface area contributed by atoms with Crippen molar-refractivity contribution in [2.24, 2.45) is 5.73 Å². The van der Waals surface area contributed by atoms with Crippen molar-refractivity contribution in [3.8, 4) is 5.75 Å².